The fraction of sp³-hybridized carbons (Fsp3) is 0.400. The molecule has 1 aliphatic rings. The van der Waals surface area contributed by atoms with Gasteiger partial charge in [-0.2, -0.15) is 4.57 Å². The molecule has 0 saturated heterocycles. The van der Waals surface area contributed by atoms with Gasteiger partial charge in [-0.3, -0.25) is 4.79 Å². The lowest BCUT2D eigenvalue weighted by Crippen LogP contribution is -2.46. The lowest BCUT2D eigenvalue weighted by Gasteiger charge is -2.15. The van der Waals surface area contributed by atoms with Crippen LogP contribution in [0.4, 0.5) is 0 Å². The van der Waals surface area contributed by atoms with Gasteiger partial charge in [-0.1, -0.05) is 12.1 Å². The third-order valence-electron chi connectivity index (χ3n) is 4.76. The van der Waals surface area contributed by atoms with E-state index >= 15 is 0 Å². The van der Waals surface area contributed by atoms with Gasteiger partial charge in [-0.15, -0.1) is 0 Å². The van der Waals surface area contributed by atoms with Gasteiger partial charge in [0.15, 0.2) is 12.4 Å². The number of hydrogen-bond donors (Lipinski definition) is 1. The SMILES string of the molecule is COc1ccc(CNC(=O)[C@H](C)[n+]2ccc3c(c2)CCCC3)cc1. The number of amides is 1. The predicted octanol–water partition coefficient (Wildman–Crippen LogP) is 2.74. The van der Waals surface area contributed by atoms with Crippen LogP contribution in [0.1, 0.15) is 42.5 Å². The number of nitrogens with zero attached hydrogens (tertiary/aromatic N) is 1. The van der Waals surface area contributed by atoms with Crippen molar-refractivity contribution < 1.29 is 14.1 Å². The number of ether oxygens (including phenoxy) is 1. The molecule has 126 valence electrons. The van der Waals surface area contributed by atoms with Crippen LogP contribution in [0.15, 0.2) is 42.7 Å². The second-order valence-corrected chi connectivity index (χ2v) is 6.39. The van der Waals surface area contributed by atoms with Crippen LogP contribution in [0.2, 0.25) is 0 Å². The Morgan fingerprint density at radius 3 is 2.58 bits per heavy atom. The maximum atomic E-state index is 12.5. The number of fused-ring (bicyclic) bond motifs is 1. The van der Waals surface area contributed by atoms with Crippen LogP contribution in [-0.2, 0) is 24.2 Å². The van der Waals surface area contributed by atoms with Crippen molar-refractivity contribution in [1.29, 1.82) is 0 Å². The number of benzene rings is 1. The molecule has 1 atom stereocenters. The second kappa shape index (κ2) is 7.47. The summed E-state index contributed by atoms with van der Waals surface area (Å²) in [6.07, 6.45) is 8.97. The fourth-order valence-electron chi connectivity index (χ4n) is 3.15. The lowest BCUT2D eigenvalue weighted by molar-refractivity contribution is -0.706. The number of pyridine rings is 1. The highest BCUT2D eigenvalue weighted by Gasteiger charge is 2.23. The number of aryl methyl sites for hydroxylation is 2. The Labute approximate surface area is 143 Å². The molecule has 0 fully saturated rings. The third-order valence-corrected chi connectivity index (χ3v) is 4.76. The Morgan fingerprint density at radius 2 is 1.88 bits per heavy atom. The molecule has 1 aromatic carbocycles. The zero-order chi connectivity index (χ0) is 16.9. The Balaban J connectivity index is 1.61. The minimum Gasteiger partial charge on any atom is -0.497 e. The molecule has 0 spiro atoms. The first-order valence-electron chi connectivity index (χ1n) is 8.60. The Hall–Kier alpha value is -2.36. The van der Waals surface area contributed by atoms with Crippen molar-refractivity contribution in [2.45, 2.75) is 45.2 Å². The van der Waals surface area contributed by atoms with Crippen LogP contribution in [0.25, 0.3) is 0 Å². The summed E-state index contributed by atoms with van der Waals surface area (Å²) in [5, 5.41) is 3.01. The van der Waals surface area contributed by atoms with Gasteiger partial charge in [-0.25, -0.2) is 0 Å². The van der Waals surface area contributed by atoms with Crippen LogP contribution in [-0.4, -0.2) is 13.0 Å². The summed E-state index contributed by atoms with van der Waals surface area (Å²) in [7, 11) is 1.65. The smallest absolute Gasteiger partial charge is 0.289 e. The number of aromatic nitrogens is 1. The minimum absolute atomic E-state index is 0.0339. The summed E-state index contributed by atoms with van der Waals surface area (Å²) in [5.41, 5.74) is 3.88. The normalized spacial score (nSPS) is 14.6. The van der Waals surface area contributed by atoms with Gasteiger partial charge >= 0.3 is 0 Å². The molecule has 1 heterocycles. The average molecular weight is 325 g/mol. The highest BCUT2D eigenvalue weighted by atomic mass is 16.5. The number of nitrogens with one attached hydrogen (secondary N) is 1. The van der Waals surface area contributed by atoms with Crippen LogP contribution < -0.4 is 14.6 Å². The molecule has 1 aliphatic carbocycles. The van der Waals surface area contributed by atoms with E-state index in [1.807, 2.05) is 42.0 Å². The van der Waals surface area contributed by atoms with Crippen molar-refractivity contribution in [3.05, 3.63) is 59.4 Å². The highest BCUT2D eigenvalue weighted by molar-refractivity contribution is 5.78. The molecular formula is C20H25N2O2+. The minimum atomic E-state index is -0.213. The van der Waals surface area contributed by atoms with E-state index in [1.165, 1.54) is 24.0 Å². The molecule has 24 heavy (non-hydrogen) atoms. The number of carbonyl (C=O) groups is 1. The first-order valence-corrected chi connectivity index (χ1v) is 8.60. The summed E-state index contributed by atoms with van der Waals surface area (Å²) in [6, 6.07) is 9.70. The standard InChI is InChI=1S/C20H24N2O2/c1-15(22-12-11-17-5-3-4-6-18(17)14-22)20(23)21-13-16-7-9-19(24-2)10-8-16/h7-12,14-15H,3-6,13H2,1-2H3/p+1/t15-/m0/s1. The number of rotatable bonds is 5. The summed E-state index contributed by atoms with van der Waals surface area (Å²) in [5.74, 6) is 0.856. The van der Waals surface area contributed by atoms with Gasteiger partial charge in [0.05, 0.1) is 7.11 Å². The molecule has 4 nitrogen and oxygen atoms in total. The van der Waals surface area contributed by atoms with E-state index in [4.69, 9.17) is 4.74 Å². The number of hydrogen-bond acceptors (Lipinski definition) is 2. The topological polar surface area (TPSA) is 42.2 Å². The van der Waals surface area contributed by atoms with Gasteiger partial charge in [0.1, 0.15) is 5.75 Å². The van der Waals surface area contributed by atoms with E-state index in [-0.39, 0.29) is 11.9 Å². The van der Waals surface area contributed by atoms with E-state index in [1.54, 1.807) is 7.11 Å². The maximum absolute atomic E-state index is 12.5. The average Bonchev–Trinajstić information content (AvgIpc) is 2.65. The summed E-state index contributed by atoms with van der Waals surface area (Å²) in [6.45, 7) is 2.47. The maximum Gasteiger partial charge on any atom is 0.289 e. The van der Waals surface area contributed by atoms with Crippen molar-refractivity contribution in [2.75, 3.05) is 7.11 Å². The molecule has 1 N–H and O–H groups in total. The first kappa shape index (κ1) is 16.5. The van der Waals surface area contributed by atoms with Gasteiger partial charge in [0.25, 0.3) is 5.91 Å². The molecular weight excluding hydrogens is 300 g/mol. The van der Waals surface area contributed by atoms with Gasteiger partial charge in [0.2, 0.25) is 6.04 Å². The molecule has 1 aromatic heterocycles. The van der Waals surface area contributed by atoms with Gasteiger partial charge in [0, 0.05) is 25.1 Å². The zero-order valence-corrected chi connectivity index (χ0v) is 14.4. The van der Waals surface area contributed by atoms with Crippen LogP contribution in [0.3, 0.4) is 0 Å². The number of carbonyl (C=O) groups excluding carboxylic acids is 1. The predicted molar refractivity (Wildman–Crippen MR) is 92.8 cm³/mol. The summed E-state index contributed by atoms with van der Waals surface area (Å²) >= 11 is 0. The fourth-order valence-corrected chi connectivity index (χ4v) is 3.15. The molecule has 2 aromatic rings. The Kier molecular flexibility index (Phi) is 5.14. The van der Waals surface area contributed by atoms with Gasteiger partial charge < -0.3 is 10.1 Å². The Bertz CT molecular complexity index is 710. The molecule has 0 saturated carbocycles. The summed E-state index contributed by atoms with van der Waals surface area (Å²) < 4.78 is 7.17. The van der Waals surface area contributed by atoms with Crippen molar-refractivity contribution in [2.24, 2.45) is 0 Å². The molecule has 1 amide bonds. The van der Waals surface area contributed by atoms with Crippen LogP contribution in [0, 0.1) is 0 Å². The molecule has 0 aliphatic heterocycles. The Morgan fingerprint density at radius 1 is 1.17 bits per heavy atom. The van der Waals surface area contributed by atoms with E-state index < -0.39 is 0 Å². The largest absolute Gasteiger partial charge is 0.497 e. The highest BCUT2D eigenvalue weighted by Crippen LogP contribution is 2.19. The lowest BCUT2D eigenvalue weighted by atomic mass is 9.93. The molecule has 0 unspecified atom stereocenters. The molecule has 0 bridgehead atoms. The monoisotopic (exact) mass is 325 g/mol. The van der Waals surface area contributed by atoms with Crippen molar-refractivity contribution >= 4 is 5.91 Å². The summed E-state index contributed by atoms with van der Waals surface area (Å²) in [4.78, 5) is 12.5. The van der Waals surface area contributed by atoms with Crippen LogP contribution in [0.5, 0.6) is 5.75 Å². The van der Waals surface area contributed by atoms with Crippen LogP contribution >= 0.6 is 0 Å². The van der Waals surface area contributed by atoms with Crippen molar-refractivity contribution in [1.82, 2.24) is 5.32 Å². The van der Waals surface area contributed by atoms with E-state index in [2.05, 4.69) is 17.6 Å². The molecule has 3 rings (SSSR count). The second-order valence-electron chi connectivity index (χ2n) is 6.39. The van der Waals surface area contributed by atoms with Crippen molar-refractivity contribution in [3.63, 3.8) is 0 Å². The quantitative estimate of drug-likeness (QED) is 0.859. The molecule has 0 radical (unpaired) electrons. The number of methoxy groups -OCH3 is 1. The van der Waals surface area contributed by atoms with E-state index in [0.29, 0.717) is 6.54 Å². The van der Waals surface area contributed by atoms with Crippen molar-refractivity contribution in [3.8, 4) is 5.75 Å². The third kappa shape index (κ3) is 3.75. The van der Waals surface area contributed by atoms with E-state index in [0.717, 1.165) is 24.2 Å². The van der Waals surface area contributed by atoms with Gasteiger partial charge in [-0.05, 0) is 48.9 Å². The zero-order valence-electron chi connectivity index (χ0n) is 14.4. The van der Waals surface area contributed by atoms with E-state index in [9.17, 15) is 4.79 Å². The molecule has 4 heteroatoms. The first-order chi connectivity index (χ1) is 11.7.